The van der Waals surface area contributed by atoms with Crippen LogP contribution in [-0.4, -0.2) is 93.7 Å². The Morgan fingerprint density at radius 1 is 0.649 bits per heavy atom. The van der Waals surface area contributed by atoms with Gasteiger partial charge in [0.15, 0.2) is 0 Å². The molecule has 0 aliphatic heterocycles. The molecule has 0 unspecified atom stereocenters. The maximum absolute atomic E-state index is 9.98. The van der Waals surface area contributed by atoms with Crippen molar-refractivity contribution in [3.05, 3.63) is 0 Å². The standard InChI is InChI=1S/C23H50N.C6H12O7/c1-5-8-10-12-14-16-18-20-22-24(4,7-3)23-21-19-17-15-13-11-9-6-2;7-1-2(8)3(9)4(10)5(11)6(12)13/h5-23H2,1-4H3;2-5,7-11H,1H2,(H,12,13)/q+1;/p-1/t;2-,3-,4+,5-/m.1/s1. The van der Waals surface area contributed by atoms with Crippen molar-refractivity contribution in [1.82, 2.24) is 0 Å². The van der Waals surface area contributed by atoms with Gasteiger partial charge in [0.2, 0.25) is 0 Å². The van der Waals surface area contributed by atoms with Gasteiger partial charge in [-0.2, -0.15) is 0 Å². The minimum Gasteiger partial charge on any atom is -0.547 e. The number of unbranched alkanes of at least 4 members (excludes halogenated alkanes) is 14. The molecule has 37 heavy (non-hydrogen) atoms. The number of carbonyl (C=O) groups is 1. The fourth-order valence-corrected chi connectivity index (χ4v) is 4.34. The van der Waals surface area contributed by atoms with Crippen molar-refractivity contribution in [3.63, 3.8) is 0 Å². The van der Waals surface area contributed by atoms with E-state index in [9.17, 15) is 9.90 Å². The van der Waals surface area contributed by atoms with Crippen LogP contribution in [0, 0.1) is 0 Å². The molecule has 4 atom stereocenters. The zero-order chi connectivity index (χ0) is 28.5. The molecule has 0 aromatic rings. The van der Waals surface area contributed by atoms with Crippen LogP contribution >= 0.6 is 0 Å². The van der Waals surface area contributed by atoms with E-state index in [4.69, 9.17) is 25.5 Å². The molecule has 0 saturated carbocycles. The summed E-state index contributed by atoms with van der Waals surface area (Å²) < 4.78 is 1.31. The molecule has 8 nitrogen and oxygen atoms in total. The molecule has 224 valence electrons. The second-order valence-corrected chi connectivity index (χ2v) is 10.8. The molecule has 0 aliphatic carbocycles. The van der Waals surface area contributed by atoms with Crippen LogP contribution in [0.15, 0.2) is 0 Å². The Morgan fingerprint density at radius 2 is 1.00 bits per heavy atom. The van der Waals surface area contributed by atoms with Crippen LogP contribution in [0.25, 0.3) is 0 Å². The van der Waals surface area contributed by atoms with Gasteiger partial charge in [0.1, 0.15) is 24.4 Å². The zero-order valence-corrected chi connectivity index (χ0v) is 24.5. The summed E-state index contributed by atoms with van der Waals surface area (Å²) in [5.41, 5.74) is 0. The van der Waals surface area contributed by atoms with Crippen LogP contribution in [0.3, 0.4) is 0 Å². The van der Waals surface area contributed by atoms with Crippen molar-refractivity contribution >= 4 is 5.97 Å². The minimum absolute atomic E-state index is 0.863. The van der Waals surface area contributed by atoms with Gasteiger partial charge in [0.05, 0.1) is 39.3 Å². The summed E-state index contributed by atoms with van der Waals surface area (Å²) in [4.78, 5) is 9.98. The predicted molar refractivity (Wildman–Crippen MR) is 148 cm³/mol. The third-order valence-corrected chi connectivity index (χ3v) is 7.36. The SMILES string of the molecule is CCCCCCCCCC[N+](C)(CC)CCCCCCCCCC.O=C([O-])[C@H](O)[C@@H](O)[C@H](O)[C@H](O)CO. The van der Waals surface area contributed by atoms with Crippen molar-refractivity contribution in [2.24, 2.45) is 0 Å². The normalized spacial score (nSPS) is 14.9. The maximum atomic E-state index is 9.98. The Bertz CT molecular complexity index is 487. The monoisotopic (exact) mass is 535 g/mol. The third kappa shape index (κ3) is 21.8. The highest BCUT2D eigenvalue weighted by Gasteiger charge is 2.30. The molecular formula is C29H61NO7. The number of rotatable bonds is 24. The van der Waals surface area contributed by atoms with Crippen LogP contribution in [0.1, 0.15) is 124 Å². The lowest BCUT2D eigenvalue weighted by Gasteiger charge is -2.33. The van der Waals surface area contributed by atoms with E-state index >= 15 is 0 Å². The number of carboxylic acid groups (broad SMARTS) is 1. The van der Waals surface area contributed by atoms with Gasteiger partial charge in [-0.25, -0.2) is 0 Å². The smallest absolute Gasteiger partial charge is 0.122 e. The zero-order valence-electron chi connectivity index (χ0n) is 24.5. The molecule has 0 spiro atoms. The quantitative estimate of drug-likeness (QED) is 0.0945. The number of hydrogen-bond donors (Lipinski definition) is 5. The largest absolute Gasteiger partial charge is 0.547 e. The average molecular weight is 536 g/mol. The summed E-state index contributed by atoms with van der Waals surface area (Å²) in [7, 11) is 2.49. The maximum Gasteiger partial charge on any atom is 0.122 e. The van der Waals surface area contributed by atoms with E-state index < -0.39 is 37.0 Å². The summed E-state index contributed by atoms with van der Waals surface area (Å²) in [6.07, 6.45) is 15.0. The topological polar surface area (TPSA) is 141 Å². The van der Waals surface area contributed by atoms with Gasteiger partial charge in [0, 0.05) is 0 Å². The summed E-state index contributed by atoms with van der Waals surface area (Å²) in [5.74, 6) is -1.98. The molecular weight excluding hydrogens is 474 g/mol. The number of carbonyl (C=O) groups excluding carboxylic acids is 1. The lowest BCUT2D eigenvalue weighted by molar-refractivity contribution is -0.908. The lowest BCUT2D eigenvalue weighted by atomic mass is 10.0. The van der Waals surface area contributed by atoms with Crippen LogP contribution in [0.2, 0.25) is 0 Å². The van der Waals surface area contributed by atoms with Crippen LogP contribution in [0.4, 0.5) is 0 Å². The van der Waals surface area contributed by atoms with E-state index in [1.54, 1.807) is 0 Å². The van der Waals surface area contributed by atoms with Gasteiger partial charge in [0.25, 0.3) is 0 Å². The first-order chi connectivity index (χ1) is 17.6. The molecule has 0 heterocycles. The van der Waals surface area contributed by atoms with Crippen LogP contribution in [0.5, 0.6) is 0 Å². The molecule has 0 radical (unpaired) electrons. The number of hydrogen-bond acceptors (Lipinski definition) is 7. The highest BCUT2D eigenvalue weighted by molar-refractivity contribution is 5.70. The van der Waals surface area contributed by atoms with E-state index in [2.05, 4.69) is 27.8 Å². The van der Waals surface area contributed by atoms with E-state index in [1.165, 1.54) is 127 Å². The third-order valence-electron chi connectivity index (χ3n) is 7.36. The molecule has 0 rings (SSSR count). The van der Waals surface area contributed by atoms with Gasteiger partial charge in [-0.1, -0.05) is 90.9 Å². The molecule has 0 aromatic carbocycles. The Hall–Kier alpha value is -0.770. The van der Waals surface area contributed by atoms with Crippen molar-refractivity contribution in [3.8, 4) is 0 Å². The lowest BCUT2D eigenvalue weighted by Crippen LogP contribution is -2.52. The van der Waals surface area contributed by atoms with Crippen LogP contribution < -0.4 is 5.11 Å². The van der Waals surface area contributed by atoms with Gasteiger partial charge < -0.3 is 39.9 Å². The molecule has 0 fully saturated rings. The number of aliphatic hydroxyl groups excluding tert-OH is 5. The summed E-state index contributed by atoms with van der Waals surface area (Å²) in [6.45, 7) is 10.2. The number of aliphatic hydroxyl groups is 5. The van der Waals surface area contributed by atoms with Gasteiger partial charge in [-0.15, -0.1) is 0 Å². The first-order valence-electron chi connectivity index (χ1n) is 15.0. The fraction of sp³-hybridized carbons (Fsp3) is 0.966. The van der Waals surface area contributed by atoms with Crippen LogP contribution in [-0.2, 0) is 4.79 Å². The summed E-state index contributed by atoms with van der Waals surface area (Å²) in [5, 5.41) is 53.4. The number of nitrogens with zero attached hydrogens (tertiary/aromatic N) is 1. The van der Waals surface area contributed by atoms with Crippen molar-refractivity contribution in [1.29, 1.82) is 0 Å². The summed E-state index contributed by atoms with van der Waals surface area (Å²) in [6, 6.07) is 0. The molecule has 5 N–H and O–H groups in total. The number of aliphatic carboxylic acids is 1. The van der Waals surface area contributed by atoms with Gasteiger partial charge >= 0.3 is 0 Å². The molecule has 0 amide bonds. The Kier molecular flexibility index (Phi) is 26.5. The van der Waals surface area contributed by atoms with E-state index in [0.29, 0.717) is 0 Å². The average Bonchev–Trinajstić information content (AvgIpc) is 2.90. The molecule has 0 aliphatic rings. The molecule has 0 saturated heterocycles. The molecule has 0 aromatic heterocycles. The van der Waals surface area contributed by atoms with E-state index in [-0.39, 0.29) is 0 Å². The fourth-order valence-electron chi connectivity index (χ4n) is 4.34. The highest BCUT2D eigenvalue weighted by atomic mass is 16.4. The second-order valence-electron chi connectivity index (χ2n) is 10.8. The van der Waals surface area contributed by atoms with Crippen molar-refractivity contribution in [2.75, 3.05) is 33.3 Å². The Balaban J connectivity index is 0. The van der Waals surface area contributed by atoms with E-state index in [0.717, 1.165) is 0 Å². The Morgan fingerprint density at radius 3 is 1.30 bits per heavy atom. The molecule has 8 heteroatoms. The van der Waals surface area contributed by atoms with Crippen molar-refractivity contribution in [2.45, 2.75) is 148 Å². The van der Waals surface area contributed by atoms with E-state index in [1.807, 2.05) is 0 Å². The second kappa shape index (κ2) is 25.5. The molecule has 0 bridgehead atoms. The first-order valence-corrected chi connectivity index (χ1v) is 15.0. The number of quaternary nitrogens is 1. The first kappa shape index (κ1) is 38.4. The Labute approximate surface area is 227 Å². The summed E-state index contributed by atoms with van der Waals surface area (Å²) >= 11 is 0. The minimum atomic E-state index is -2.31. The predicted octanol–water partition coefficient (Wildman–Crippen LogP) is 2.91. The van der Waals surface area contributed by atoms with Gasteiger partial charge in [-0.05, 0) is 32.6 Å². The van der Waals surface area contributed by atoms with Gasteiger partial charge in [-0.3, -0.25) is 0 Å². The highest BCUT2D eigenvalue weighted by Crippen LogP contribution is 2.14. The van der Waals surface area contributed by atoms with Crippen molar-refractivity contribution < 1.29 is 39.9 Å². The number of carboxylic acids is 1.